The first-order valence-corrected chi connectivity index (χ1v) is 10.8. The van der Waals surface area contributed by atoms with Gasteiger partial charge in [-0.15, -0.1) is 0 Å². The van der Waals surface area contributed by atoms with Gasteiger partial charge in [0.15, 0.2) is 0 Å². The van der Waals surface area contributed by atoms with Crippen LogP contribution in [0.15, 0.2) is 0 Å². The summed E-state index contributed by atoms with van der Waals surface area (Å²) in [6.45, 7) is 4.98. The topological polar surface area (TPSA) is 152 Å². The lowest BCUT2D eigenvalue weighted by molar-refractivity contribution is -0.160. The van der Waals surface area contributed by atoms with Crippen LogP contribution in [0.2, 0.25) is 0 Å². The van der Waals surface area contributed by atoms with Crippen molar-refractivity contribution in [3.8, 4) is 0 Å². The number of likely N-dealkylation sites (N-methyl/N-ethyl adjacent to an activating group) is 1. The number of ether oxygens (including phenoxy) is 2. The Balaban J connectivity index is 5.01. The van der Waals surface area contributed by atoms with Crippen molar-refractivity contribution in [3.63, 3.8) is 0 Å². The van der Waals surface area contributed by atoms with Crippen LogP contribution < -0.4 is 5.32 Å². The third-order valence-corrected chi connectivity index (χ3v) is 4.77. The largest absolute Gasteiger partial charge is 0.480 e. The highest BCUT2D eigenvalue weighted by Crippen LogP contribution is 1.99. The summed E-state index contributed by atoms with van der Waals surface area (Å²) in [5, 5.41) is 21.9. The van der Waals surface area contributed by atoms with Crippen molar-refractivity contribution in [2.75, 3.05) is 93.3 Å². The van der Waals surface area contributed by atoms with Gasteiger partial charge in [0.1, 0.15) is 0 Å². The molecule has 13 heteroatoms. The van der Waals surface area contributed by atoms with E-state index >= 15 is 0 Å². The molecule has 0 aliphatic heterocycles. The normalized spacial score (nSPS) is 11.2. The molecule has 0 fully saturated rings. The van der Waals surface area contributed by atoms with Gasteiger partial charge in [0.05, 0.1) is 40.4 Å². The van der Waals surface area contributed by atoms with Crippen molar-refractivity contribution >= 4 is 23.8 Å². The van der Waals surface area contributed by atoms with E-state index in [-0.39, 0.29) is 26.2 Å². The van der Waals surface area contributed by atoms with Gasteiger partial charge in [-0.05, 0) is 13.0 Å². The first kappa shape index (κ1) is 30.7. The first-order chi connectivity index (χ1) is 15.6. The number of nitrogens with zero attached hydrogens (tertiary/aromatic N) is 4. The van der Waals surface area contributed by atoms with Gasteiger partial charge in [-0.3, -0.25) is 39.1 Å². The quantitative estimate of drug-likeness (QED) is 0.0830. The van der Waals surface area contributed by atoms with E-state index in [1.165, 1.54) is 21.3 Å². The zero-order chi connectivity index (χ0) is 25.2. The van der Waals surface area contributed by atoms with E-state index in [0.29, 0.717) is 50.9 Å². The number of methoxy groups -OCH3 is 2. The van der Waals surface area contributed by atoms with Crippen LogP contribution in [0.1, 0.15) is 13.3 Å². The Kier molecular flexibility index (Phi) is 16.9. The molecule has 192 valence electrons. The van der Waals surface area contributed by atoms with Crippen LogP contribution in [0, 0.1) is 0 Å². The zero-order valence-electron chi connectivity index (χ0n) is 20.1. The van der Waals surface area contributed by atoms with Gasteiger partial charge in [-0.1, -0.05) is 6.92 Å². The number of carbonyl (C=O) groups is 4. The molecule has 0 aliphatic rings. The van der Waals surface area contributed by atoms with E-state index in [2.05, 4.69) is 10.1 Å². The van der Waals surface area contributed by atoms with Crippen LogP contribution in [-0.2, 0) is 28.7 Å². The highest BCUT2D eigenvalue weighted by Gasteiger charge is 2.18. The number of carbonyl (C=O) groups excluding carboxylic acids is 3. The Morgan fingerprint density at radius 2 is 1.30 bits per heavy atom. The number of rotatable bonds is 19. The van der Waals surface area contributed by atoms with Gasteiger partial charge in [0.25, 0.3) is 5.91 Å². The Morgan fingerprint density at radius 1 is 0.788 bits per heavy atom. The molecule has 13 nitrogen and oxygen atoms in total. The Hall–Kier alpha value is -2.32. The number of hydrogen-bond acceptors (Lipinski definition) is 11. The van der Waals surface area contributed by atoms with Crippen molar-refractivity contribution in [1.82, 2.24) is 25.1 Å². The van der Waals surface area contributed by atoms with Crippen molar-refractivity contribution in [2.45, 2.75) is 13.3 Å². The standard InChI is InChI=1S/C20H39N5O8/c1-5-7-23(15-18(27)28)9-11-25(16-20(30)33-4)12-10-24(14-17(26)22(2)31)8-6-21-13-19(29)32-3/h21,31H,5-16H2,1-4H3,(H,27,28). The molecule has 0 aromatic carbocycles. The molecule has 0 spiro atoms. The molecule has 0 saturated heterocycles. The van der Waals surface area contributed by atoms with Crippen molar-refractivity contribution in [1.29, 1.82) is 0 Å². The third kappa shape index (κ3) is 16.0. The third-order valence-electron chi connectivity index (χ3n) is 4.77. The molecule has 0 heterocycles. The fourth-order valence-corrected chi connectivity index (χ4v) is 2.92. The summed E-state index contributed by atoms with van der Waals surface area (Å²) in [4.78, 5) is 51.6. The summed E-state index contributed by atoms with van der Waals surface area (Å²) in [5.74, 6) is -2.25. The van der Waals surface area contributed by atoms with Gasteiger partial charge < -0.3 is 19.9 Å². The smallest absolute Gasteiger partial charge is 0.319 e. The minimum atomic E-state index is -0.916. The summed E-state index contributed by atoms with van der Waals surface area (Å²) in [6.07, 6.45) is 0.799. The number of amides is 1. The predicted octanol–water partition coefficient (Wildman–Crippen LogP) is -1.83. The first-order valence-electron chi connectivity index (χ1n) is 10.8. The molecule has 0 bridgehead atoms. The van der Waals surface area contributed by atoms with Crippen LogP contribution in [0.5, 0.6) is 0 Å². The van der Waals surface area contributed by atoms with Crippen molar-refractivity contribution in [2.24, 2.45) is 0 Å². The summed E-state index contributed by atoms with van der Waals surface area (Å²) < 4.78 is 9.33. The molecule has 3 N–H and O–H groups in total. The van der Waals surface area contributed by atoms with Crippen LogP contribution in [0.25, 0.3) is 0 Å². The second kappa shape index (κ2) is 18.1. The van der Waals surface area contributed by atoms with Gasteiger partial charge in [-0.2, -0.15) is 0 Å². The van der Waals surface area contributed by atoms with Crippen molar-refractivity contribution in [3.05, 3.63) is 0 Å². The van der Waals surface area contributed by atoms with Gasteiger partial charge >= 0.3 is 17.9 Å². The molecule has 1 amide bonds. The average Bonchev–Trinajstić information content (AvgIpc) is 2.76. The molecule has 0 saturated carbocycles. The second-order valence-corrected chi connectivity index (χ2v) is 7.47. The number of nitrogens with one attached hydrogen (secondary N) is 1. The van der Waals surface area contributed by atoms with Crippen LogP contribution >= 0.6 is 0 Å². The van der Waals surface area contributed by atoms with Crippen LogP contribution in [0.4, 0.5) is 0 Å². The number of hydrogen-bond donors (Lipinski definition) is 3. The van der Waals surface area contributed by atoms with E-state index in [0.717, 1.165) is 6.42 Å². The monoisotopic (exact) mass is 477 g/mol. The van der Waals surface area contributed by atoms with Crippen LogP contribution in [-0.4, -0.2) is 147 Å². The van der Waals surface area contributed by atoms with Crippen LogP contribution in [0.3, 0.4) is 0 Å². The molecule has 0 aliphatic carbocycles. The molecule has 0 rings (SSSR count). The average molecular weight is 478 g/mol. The second-order valence-electron chi connectivity index (χ2n) is 7.47. The summed E-state index contributed by atoms with van der Waals surface area (Å²) in [7, 11) is 3.83. The minimum absolute atomic E-state index is 0.0197. The number of hydroxylamine groups is 2. The number of aliphatic carboxylic acids is 1. The minimum Gasteiger partial charge on any atom is -0.480 e. The zero-order valence-corrected chi connectivity index (χ0v) is 20.1. The lowest BCUT2D eigenvalue weighted by Gasteiger charge is -2.29. The SMILES string of the molecule is CCCN(CCN(CCN(CCNCC(=O)OC)CC(=O)N(C)O)CC(=O)OC)CC(=O)O. The van der Waals surface area contributed by atoms with Crippen molar-refractivity contribution < 1.29 is 39.0 Å². The fraction of sp³-hybridized carbons (Fsp3) is 0.800. The van der Waals surface area contributed by atoms with E-state index in [4.69, 9.17) is 9.84 Å². The number of esters is 2. The maximum Gasteiger partial charge on any atom is 0.319 e. The molecular weight excluding hydrogens is 438 g/mol. The maximum atomic E-state index is 12.0. The van der Waals surface area contributed by atoms with E-state index in [1.807, 2.05) is 11.8 Å². The van der Waals surface area contributed by atoms with Gasteiger partial charge in [0.2, 0.25) is 0 Å². The molecular formula is C20H39N5O8. The fourth-order valence-electron chi connectivity index (χ4n) is 2.92. The predicted molar refractivity (Wildman–Crippen MR) is 119 cm³/mol. The molecule has 0 atom stereocenters. The molecule has 0 aromatic heterocycles. The maximum absolute atomic E-state index is 12.0. The summed E-state index contributed by atoms with van der Waals surface area (Å²) in [6, 6.07) is 0. The molecule has 33 heavy (non-hydrogen) atoms. The Labute approximate surface area is 195 Å². The Morgan fingerprint density at radius 3 is 1.76 bits per heavy atom. The lowest BCUT2D eigenvalue weighted by Crippen LogP contribution is -2.46. The van der Waals surface area contributed by atoms with E-state index in [9.17, 15) is 24.4 Å². The number of carboxylic acids is 1. The molecule has 0 radical (unpaired) electrons. The lowest BCUT2D eigenvalue weighted by atomic mass is 10.3. The van der Waals surface area contributed by atoms with Gasteiger partial charge in [0, 0.05) is 46.3 Å². The summed E-state index contributed by atoms with van der Waals surface area (Å²) >= 11 is 0. The van der Waals surface area contributed by atoms with E-state index < -0.39 is 23.8 Å². The van der Waals surface area contributed by atoms with E-state index in [1.54, 1.807) is 9.80 Å². The summed E-state index contributed by atoms with van der Waals surface area (Å²) in [5.41, 5.74) is 0. The van der Waals surface area contributed by atoms with Gasteiger partial charge in [-0.25, -0.2) is 5.06 Å². The highest BCUT2D eigenvalue weighted by atomic mass is 16.5. The Bertz CT molecular complexity index is 605. The molecule has 0 unspecified atom stereocenters. The highest BCUT2D eigenvalue weighted by molar-refractivity contribution is 5.76. The number of carboxylic acid groups (broad SMARTS) is 1. The molecule has 0 aromatic rings.